The van der Waals surface area contributed by atoms with Gasteiger partial charge in [0.05, 0.1) is 23.6 Å². The summed E-state index contributed by atoms with van der Waals surface area (Å²) in [5.74, 6) is 0. The zero-order valence-electron chi connectivity index (χ0n) is 13.1. The third-order valence-corrected chi connectivity index (χ3v) is 4.76. The second-order valence-electron chi connectivity index (χ2n) is 5.48. The van der Waals surface area contributed by atoms with Gasteiger partial charge in [-0.15, -0.1) is 0 Å². The minimum Gasteiger partial charge on any atom is -0.387 e. The standard InChI is InChI=1S/C17H21NO4S/c1-22-11-16(18)17(19)14-5-3-12(4-6-14)13-7-9-15(10-8-13)23(2,20)21/h3-10,16-17,19H,11,18H2,1-2H3/t16-,17-/m1/s1. The van der Waals surface area contributed by atoms with Gasteiger partial charge < -0.3 is 15.6 Å². The van der Waals surface area contributed by atoms with E-state index >= 15 is 0 Å². The fourth-order valence-corrected chi connectivity index (χ4v) is 2.93. The van der Waals surface area contributed by atoms with Crippen LogP contribution in [0.5, 0.6) is 0 Å². The Morgan fingerprint density at radius 1 is 1.04 bits per heavy atom. The highest BCUT2D eigenvalue weighted by Crippen LogP contribution is 2.24. The van der Waals surface area contributed by atoms with E-state index in [9.17, 15) is 13.5 Å². The van der Waals surface area contributed by atoms with Crippen LogP contribution in [0.2, 0.25) is 0 Å². The largest absolute Gasteiger partial charge is 0.387 e. The third-order valence-electron chi connectivity index (χ3n) is 3.63. The molecule has 2 atom stereocenters. The predicted octanol–water partition coefficient (Wildman–Crippen LogP) is 1.76. The van der Waals surface area contributed by atoms with E-state index in [1.54, 1.807) is 36.4 Å². The van der Waals surface area contributed by atoms with Crippen molar-refractivity contribution in [2.45, 2.75) is 17.0 Å². The fourth-order valence-electron chi connectivity index (χ4n) is 2.30. The highest BCUT2D eigenvalue weighted by Gasteiger charge is 2.16. The molecule has 6 heteroatoms. The number of methoxy groups -OCH3 is 1. The number of benzene rings is 2. The van der Waals surface area contributed by atoms with Crippen LogP contribution in [0.4, 0.5) is 0 Å². The molecular weight excluding hydrogens is 314 g/mol. The van der Waals surface area contributed by atoms with E-state index in [1.807, 2.05) is 12.1 Å². The molecule has 2 aromatic carbocycles. The highest BCUT2D eigenvalue weighted by molar-refractivity contribution is 7.90. The third kappa shape index (κ3) is 4.39. The average Bonchev–Trinajstić information content (AvgIpc) is 2.54. The van der Waals surface area contributed by atoms with Crippen LogP contribution in [-0.2, 0) is 14.6 Å². The van der Waals surface area contributed by atoms with Crippen molar-refractivity contribution in [3.63, 3.8) is 0 Å². The molecule has 0 radical (unpaired) electrons. The lowest BCUT2D eigenvalue weighted by Crippen LogP contribution is -2.32. The minimum atomic E-state index is -3.19. The molecule has 0 unspecified atom stereocenters. The fraction of sp³-hybridized carbons (Fsp3) is 0.294. The van der Waals surface area contributed by atoms with Gasteiger partial charge in [-0.3, -0.25) is 0 Å². The minimum absolute atomic E-state index is 0.274. The van der Waals surface area contributed by atoms with Crippen molar-refractivity contribution >= 4 is 9.84 Å². The van der Waals surface area contributed by atoms with Crippen LogP contribution < -0.4 is 5.73 Å². The Kier molecular flexibility index (Phi) is 5.54. The molecule has 5 nitrogen and oxygen atoms in total. The SMILES string of the molecule is COC[C@@H](N)[C@H](O)c1ccc(-c2ccc(S(C)(=O)=O)cc2)cc1. The molecule has 2 aromatic rings. The van der Waals surface area contributed by atoms with Gasteiger partial charge in [0.15, 0.2) is 9.84 Å². The Hall–Kier alpha value is -1.73. The number of hydrogen-bond donors (Lipinski definition) is 2. The first-order valence-corrected chi connectivity index (χ1v) is 9.05. The number of aliphatic hydroxyl groups is 1. The summed E-state index contributed by atoms with van der Waals surface area (Å²) in [6, 6.07) is 13.6. The quantitative estimate of drug-likeness (QED) is 0.840. The van der Waals surface area contributed by atoms with Crippen molar-refractivity contribution in [1.29, 1.82) is 0 Å². The van der Waals surface area contributed by atoms with Gasteiger partial charge in [0.2, 0.25) is 0 Å². The van der Waals surface area contributed by atoms with Crippen LogP contribution >= 0.6 is 0 Å². The monoisotopic (exact) mass is 335 g/mol. The molecule has 0 heterocycles. The molecule has 0 saturated carbocycles. The summed E-state index contributed by atoms with van der Waals surface area (Å²) in [6.07, 6.45) is 0.387. The zero-order valence-corrected chi connectivity index (χ0v) is 14.0. The first-order chi connectivity index (χ1) is 10.8. The van der Waals surface area contributed by atoms with Crippen molar-refractivity contribution in [1.82, 2.24) is 0 Å². The van der Waals surface area contributed by atoms with Gasteiger partial charge in [0.25, 0.3) is 0 Å². The average molecular weight is 335 g/mol. The van der Waals surface area contributed by atoms with Crippen LogP contribution in [0, 0.1) is 0 Å². The lowest BCUT2D eigenvalue weighted by molar-refractivity contribution is 0.0873. The maximum atomic E-state index is 11.5. The number of aliphatic hydroxyl groups excluding tert-OH is 1. The summed E-state index contributed by atoms with van der Waals surface area (Å²) < 4.78 is 27.9. The molecule has 0 bridgehead atoms. The Morgan fingerprint density at radius 3 is 1.96 bits per heavy atom. The Labute approximate surface area is 136 Å². The predicted molar refractivity (Wildman–Crippen MR) is 89.8 cm³/mol. The molecule has 23 heavy (non-hydrogen) atoms. The normalized spacial score (nSPS) is 14.4. The van der Waals surface area contributed by atoms with E-state index < -0.39 is 22.0 Å². The van der Waals surface area contributed by atoms with E-state index in [4.69, 9.17) is 10.5 Å². The molecule has 0 spiro atoms. The molecular formula is C17H21NO4S. The molecule has 0 aliphatic carbocycles. The number of nitrogens with two attached hydrogens (primary N) is 1. The van der Waals surface area contributed by atoms with Crippen LogP contribution in [-0.4, -0.2) is 39.5 Å². The number of hydrogen-bond acceptors (Lipinski definition) is 5. The van der Waals surface area contributed by atoms with Gasteiger partial charge in [0, 0.05) is 13.4 Å². The topological polar surface area (TPSA) is 89.6 Å². The van der Waals surface area contributed by atoms with Gasteiger partial charge in [0.1, 0.15) is 0 Å². The Balaban J connectivity index is 2.19. The van der Waals surface area contributed by atoms with Crippen LogP contribution in [0.1, 0.15) is 11.7 Å². The van der Waals surface area contributed by atoms with Crippen LogP contribution in [0.25, 0.3) is 11.1 Å². The van der Waals surface area contributed by atoms with E-state index in [2.05, 4.69) is 0 Å². The first-order valence-electron chi connectivity index (χ1n) is 7.16. The summed E-state index contributed by atoms with van der Waals surface area (Å²) in [6.45, 7) is 0.274. The van der Waals surface area contributed by atoms with E-state index in [-0.39, 0.29) is 6.61 Å². The zero-order chi connectivity index (χ0) is 17.0. The highest BCUT2D eigenvalue weighted by atomic mass is 32.2. The van der Waals surface area contributed by atoms with Crippen molar-refractivity contribution in [2.75, 3.05) is 20.0 Å². The molecule has 124 valence electrons. The Bertz CT molecular complexity index is 739. The number of ether oxygens (including phenoxy) is 1. The molecule has 2 rings (SSSR count). The molecule has 0 fully saturated rings. The van der Waals surface area contributed by atoms with Gasteiger partial charge in [-0.25, -0.2) is 8.42 Å². The molecule has 0 aromatic heterocycles. The summed E-state index contributed by atoms with van der Waals surface area (Å²) in [4.78, 5) is 0.291. The maximum Gasteiger partial charge on any atom is 0.175 e. The van der Waals surface area contributed by atoms with Gasteiger partial charge >= 0.3 is 0 Å². The summed E-state index contributed by atoms with van der Waals surface area (Å²) >= 11 is 0. The van der Waals surface area contributed by atoms with Gasteiger partial charge in [-0.2, -0.15) is 0 Å². The second-order valence-corrected chi connectivity index (χ2v) is 7.50. The van der Waals surface area contributed by atoms with Crippen molar-refractivity contribution in [2.24, 2.45) is 5.73 Å². The molecule has 0 aliphatic rings. The smallest absolute Gasteiger partial charge is 0.175 e. The van der Waals surface area contributed by atoms with Gasteiger partial charge in [-0.1, -0.05) is 36.4 Å². The molecule has 0 aliphatic heterocycles. The van der Waals surface area contributed by atoms with Crippen molar-refractivity contribution < 1.29 is 18.3 Å². The summed E-state index contributed by atoms with van der Waals surface area (Å²) in [7, 11) is -1.66. The van der Waals surface area contributed by atoms with Gasteiger partial charge in [-0.05, 0) is 28.8 Å². The lowest BCUT2D eigenvalue weighted by Gasteiger charge is -2.18. The summed E-state index contributed by atoms with van der Waals surface area (Å²) in [5, 5.41) is 10.1. The molecule has 0 amide bonds. The lowest BCUT2D eigenvalue weighted by atomic mass is 9.99. The van der Waals surface area contributed by atoms with Crippen molar-refractivity contribution in [3.8, 4) is 11.1 Å². The second kappa shape index (κ2) is 7.23. The number of rotatable bonds is 6. The molecule has 0 saturated heterocycles. The molecule has 3 N–H and O–H groups in total. The van der Waals surface area contributed by atoms with E-state index in [1.165, 1.54) is 13.4 Å². The van der Waals surface area contributed by atoms with E-state index in [0.717, 1.165) is 11.1 Å². The summed E-state index contributed by atoms with van der Waals surface area (Å²) in [5.41, 5.74) is 8.38. The van der Waals surface area contributed by atoms with Crippen LogP contribution in [0.15, 0.2) is 53.4 Å². The number of sulfone groups is 1. The van der Waals surface area contributed by atoms with Crippen LogP contribution in [0.3, 0.4) is 0 Å². The first kappa shape index (κ1) is 17.6. The van der Waals surface area contributed by atoms with E-state index in [0.29, 0.717) is 10.5 Å². The maximum absolute atomic E-state index is 11.5. The van der Waals surface area contributed by atoms with Crippen molar-refractivity contribution in [3.05, 3.63) is 54.1 Å². The Morgan fingerprint density at radius 2 is 1.52 bits per heavy atom.